The predicted octanol–water partition coefficient (Wildman–Crippen LogP) is 6.91. The Balaban J connectivity index is 1.42. The fourth-order valence-electron chi connectivity index (χ4n) is 4.57. The number of imidazole rings is 1. The van der Waals surface area contributed by atoms with Crippen LogP contribution in [0.2, 0.25) is 0 Å². The van der Waals surface area contributed by atoms with Gasteiger partial charge >= 0.3 is 5.95 Å². The summed E-state index contributed by atoms with van der Waals surface area (Å²) >= 11 is 0. The molecule has 1 N–H and O–H groups in total. The summed E-state index contributed by atoms with van der Waals surface area (Å²) in [6.07, 6.45) is 8.22. The first kappa shape index (κ1) is 22.7. The van der Waals surface area contributed by atoms with Crippen LogP contribution in [0.15, 0.2) is 126 Å². The van der Waals surface area contributed by atoms with Gasteiger partial charge in [0.15, 0.2) is 0 Å². The number of hydrogen-bond donors (Lipinski definition) is 1. The third kappa shape index (κ3) is 4.97. The molecule has 0 saturated carbocycles. The number of rotatable bonds is 7. The fraction of sp³-hybridized carbons (Fsp3) is 0.133. The zero-order valence-electron chi connectivity index (χ0n) is 20.5. The highest BCUT2D eigenvalue weighted by Crippen LogP contribution is 2.33. The molecule has 0 bridgehead atoms. The molecule has 2 aromatic heterocycles. The highest BCUT2D eigenvalue weighted by molar-refractivity contribution is 5.74. The Hall–Kier alpha value is -4.78. The molecule has 0 spiro atoms. The van der Waals surface area contributed by atoms with E-state index in [4.69, 9.17) is 15.2 Å². The number of anilines is 3. The van der Waals surface area contributed by atoms with Crippen LogP contribution in [0, 0.1) is 0 Å². The van der Waals surface area contributed by atoms with Gasteiger partial charge in [0, 0.05) is 30.0 Å². The monoisotopic (exact) mass is 486 g/mol. The van der Waals surface area contributed by atoms with Crippen LogP contribution < -0.4 is 14.8 Å². The van der Waals surface area contributed by atoms with E-state index in [2.05, 4.69) is 40.5 Å². The van der Waals surface area contributed by atoms with Crippen molar-refractivity contribution in [2.45, 2.75) is 12.8 Å². The zero-order chi connectivity index (χ0) is 24.9. The van der Waals surface area contributed by atoms with Gasteiger partial charge in [0.05, 0.1) is 11.9 Å². The Bertz CT molecular complexity index is 1430. The van der Waals surface area contributed by atoms with Crippen molar-refractivity contribution in [1.82, 2.24) is 9.55 Å². The quantitative estimate of drug-likeness (QED) is 0.201. The molecule has 1 aliphatic heterocycles. The smallest absolute Gasteiger partial charge is 0.357 e. The third-order valence-electron chi connectivity index (χ3n) is 6.46. The van der Waals surface area contributed by atoms with E-state index in [1.165, 1.54) is 12.8 Å². The van der Waals surface area contributed by atoms with E-state index in [0.29, 0.717) is 11.6 Å². The minimum atomic E-state index is 0.673. The van der Waals surface area contributed by atoms with Gasteiger partial charge in [-0.1, -0.05) is 59.7 Å². The van der Waals surface area contributed by atoms with Crippen molar-refractivity contribution in [3.05, 3.63) is 116 Å². The molecule has 7 nitrogen and oxygen atoms in total. The molecule has 0 atom stereocenters. The number of nitrogens with zero attached hydrogens (tertiary/aromatic N) is 6. The second-order valence-corrected chi connectivity index (χ2v) is 8.95. The van der Waals surface area contributed by atoms with Crippen LogP contribution in [-0.4, -0.2) is 22.6 Å². The number of hydrogen-bond acceptors (Lipinski definition) is 5. The topological polar surface area (TPSA) is 61.7 Å². The average Bonchev–Trinajstić information content (AvgIpc) is 3.65. The van der Waals surface area contributed by atoms with Crippen LogP contribution in [0.3, 0.4) is 0 Å². The van der Waals surface area contributed by atoms with Crippen molar-refractivity contribution in [2.24, 2.45) is 10.2 Å². The maximum absolute atomic E-state index is 4.78. The van der Waals surface area contributed by atoms with Crippen molar-refractivity contribution >= 4 is 28.8 Å². The molecule has 0 radical (unpaired) electrons. The first-order chi connectivity index (χ1) is 18.3. The SMILES string of the molecule is c1ccc(Nc2cc(N3CCCC3)ncc2N=Nc2n(-c3ccccc3)cc[n+]2-c2ccccc2)cc1. The van der Waals surface area contributed by atoms with Crippen molar-refractivity contribution in [3.8, 4) is 11.4 Å². The lowest BCUT2D eigenvalue weighted by atomic mass is 10.2. The van der Waals surface area contributed by atoms with E-state index < -0.39 is 0 Å². The fourth-order valence-corrected chi connectivity index (χ4v) is 4.57. The van der Waals surface area contributed by atoms with Crippen LogP contribution in [0.4, 0.5) is 28.8 Å². The number of pyridine rings is 1. The van der Waals surface area contributed by atoms with Crippen LogP contribution >= 0.6 is 0 Å². The van der Waals surface area contributed by atoms with E-state index in [-0.39, 0.29) is 0 Å². The molecule has 3 aromatic carbocycles. The molecule has 7 heteroatoms. The second-order valence-electron chi connectivity index (χ2n) is 8.95. The number of para-hydroxylation sites is 3. The Kier molecular flexibility index (Phi) is 6.41. The first-order valence-electron chi connectivity index (χ1n) is 12.6. The lowest BCUT2D eigenvalue weighted by Crippen LogP contribution is -2.28. The van der Waals surface area contributed by atoms with Gasteiger partial charge in [-0.3, -0.25) is 0 Å². The summed E-state index contributed by atoms with van der Waals surface area (Å²) in [5.41, 5.74) is 4.56. The standard InChI is InChI=1S/C30H27N7/c1-4-12-24(13-5-1)32-27-22-29(35-18-10-11-19-35)31-23-28(27)33-34-30-36(25-14-6-2-7-15-25)20-21-37(30)26-16-8-3-9-17-26/h1-9,12-17,20-23H,10-11,18-19H2/p+1. The van der Waals surface area contributed by atoms with Gasteiger partial charge in [-0.15, -0.1) is 0 Å². The average molecular weight is 487 g/mol. The molecule has 1 fully saturated rings. The molecule has 0 unspecified atom stereocenters. The summed E-state index contributed by atoms with van der Waals surface area (Å²) < 4.78 is 4.07. The Morgan fingerprint density at radius 1 is 0.784 bits per heavy atom. The van der Waals surface area contributed by atoms with Crippen LogP contribution in [0.1, 0.15) is 12.8 Å². The summed E-state index contributed by atoms with van der Waals surface area (Å²) in [5, 5.41) is 13.0. The molecular weight excluding hydrogens is 458 g/mol. The van der Waals surface area contributed by atoms with Gasteiger partial charge in [0.2, 0.25) is 0 Å². The summed E-state index contributed by atoms with van der Waals surface area (Å²) in [6, 6.07) is 32.5. The molecule has 182 valence electrons. The third-order valence-corrected chi connectivity index (χ3v) is 6.46. The Labute approximate surface area is 216 Å². The van der Waals surface area contributed by atoms with Crippen LogP contribution in [0.25, 0.3) is 11.4 Å². The summed E-state index contributed by atoms with van der Waals surface area (Å²) in [6.45, 7) is 2.06. The summed E-state index contributed by atoms with van der Waals surface area (Å²) in [4.78, 5) is 7.06. The van der Waals surface area contributed by atoms with Gasteiger partial charge in [-0.2, -0.15) is 9.13 Å². The minimum absolute atomic E-state index is 0.673. The molecule has 37 heavy (non-hydrogen) atoms. The highest BCUT2D eigenvalue weighted by Gasteiger charge is 2.21. The molecule has 3 heterocycles. The predicted molar refractivity (Wildman–Crippen MR) is 147 cm³/mol. The molecule has 0 aliphatic carbocycles. The summed E-state index contributed by atoms with van der Waals surface area (Å²) in [7, 11) is 0. The van der Waals surface area contributed by atoms with Crippen molar-refractivity contribution in [1.29, 1.82) is 0 Å². The molecule has 6 rings (SSSR count). The van der Waals surface area contributed by atoms with Gasteiger partial charge in [0.25, 0.3) is 0 Å². The van der Waals surface area contributed by atoms with E-state index in [0.717, 1.165) is 41.7 Å². The molecule has 0 amide bonds. The lowest BCUT2D eigenvalue weighted by molar-refractivity contribution is -0.581. The number of aromatic nitrogens is 3. The summed E-state index contributed by atoms with van der Waals surface area (Å²) in [5.74, 6) is 1.65. The van der Waals surface area contributed by atoms with Gasteiger partial charge in [-0.25, -0.2) is 4.98 Å². The van der Waals surface area contributed by atoms with Crippen molar-refractivity contribution in [3.63, 3.8) is 0 Å². The Morgan fingerprint density at radius 2 is 1.46 bits per heavy atom. The Morgan fingerprint density at radius 3 is 2.19 bits per heavy atom. The lowest BCUT2D eigenvalue weighted by Gasteiger charge is -2.18. The second kappa shape index (κ2) is 10.5. The molecule has 5 aromatic rings. The van der Waals surface area contributed by atoms with E-state index >= 15 is 0 Å². The maximum atomic E-state index is 4.78. The van der Waals surface area contributed by atoms with E-state index in [1.807, 2.05) is 94.5 Å². The van der Waals surface area contributed by atoms with Crippen LogP contribution in [-0.2, 0) is 0 Å². The normalized spacial score (nSPS) is 13.4. The number of nitrogens with one attached hydrogen (secondary N) is 1. The van der Waals surface area contributed by atoms with E-state index in [1.54, 1.807) is 0 Å². The minimum Gasteiger partial charge on any atom is -0.357 e. The molecule has 1 aliphatic rings. The van der Waals surface area contributed by atoms with Gasteiger partial charge < -0.3 is 10.2 Å². The zero-order valence-corrected chi connectivity index (χ0v) is 20.5. The molecular formula is C30H28N7+. The highest BCUT2D eigenvalue weighted by atomic mass is 15.3. The van der Waals surface area contributed by atoms with E-state index in [9.17, 15) is 0 Å². The number of azo groups is 1. The van der Waals surface area contributed by atoms with Crippen molar-refractivity contribution in [2.75, 3.05) is 23.3 Å². The number of benzene rings is 3. The molecule has 1 saturated heterocycles. The first-order valence-corrected chi connectivity index (χ1v) is 12.6. The van der Waals surface area contributed by atoms with Crippen LogP contribution in [0.5, 0.6) is 0 Å². The maximum Gasteiger partial charge on any atom is 0.431 e. The van der Waals surface area contributed by atoms with Gasteiger partial charge in [-0.05, 0) is 49.2 Å². The largest absolute Gasteiger partial charge is 0.431 e. The van der Waals surface area contributed by atoms with Gasteiger partial charge in [0.1, 0.15) is 35.3 Å². The van der Waals surface area contributed by atoms with Crippen molar-refractivity contribution < 1.29 is 4.57 Å².